The minimum Gasteiger partial charge on any atom is -0.505 e. The molecule has 37 heavy (non-hydrogen) atoms. The lowest BCUT2D eigenvalue weighted by Crippen LogP contribution is -2.65. The highest BCUT2D eigenvalue weighted by Crippen LogP contribution is 2.74. The molecule has 198 valence electrons. The number of sulfonamides is 1. The first-order valence-electron chi connectivity index (χ1n) is 14.8. The van der Waals surface area contributed by atoms with Gasteiger partial charge in [-0.25, -0.2) is 8.42 Å². The van der Waals surface area contributed by atoms with E-state index >= 15 is 4.79 Å². The molecule has 3 atom stereocenters. The van der Waals surface area contributed by atoms with Crippen LogP contribution in [-0.4, -0.2) is 30.2 Å². The van der Waals surface area contributed by atoms with Crippen LogP contribution in [0, 0.1) is 52.3 Å². The zero-order chi connectivity index (χ0) is 25.3. The van der Waals surface area contributed by atoms with Crippen LogP contribution in [0.15, 0.2) is 34.9 Å². The summed E-state index contributed by atoms with van der Waals surface area (Å²) in [4.78, 5) is 15.2. The van der Waals surface area contributed by atoms with E-state index < -0.39 is 15.4 Å². The van der Waals surface area contributed by atoms with Crippen molar-refractivity contribution in [3.63, 3.8) is 0 Å². The van der Waals surface area contributed by atoms with Crippen LogP contribution in [0.5, 0.6) is 0 Å². The Morgan fingerprint density at radius 3 is 2.00 bits per heavy atom. The molecular formula is C31H39NO4S. The molecule has 3 unspecified atom stereocenters. The van der Waals surface area contributed by atoms with E-state index in [9.17, 15) is 13.5 Å². The number of aliphatic hydroxyl groups is 1. The molecule has 1 aromatic rings. The van der Waals surface area contributed by atoms with E-state index in [1.165, 1.54) is 62.1 Å². The van der Waals surface area contributed by atoms with E-state index in [2.05, 4.69) is 0 Å². The number of fused-ring (bicyclic) bond motifs is 1. The lowest BCUT2D eigenvalue weighted by molar-refractivity contribution is -0.206. The number of likely N-dealkylation sites (N-methyl/N-ethyl adjacent to an activating group) is 1. The van der Waals surface area contributed by atoms with E-state index in [0.717, 1.165) is 30.6 Å². The number of allylic oxidation sites excluding steroid dienone is 1. The van der Waals surface area contributed by atoms with Gasteiger partial charge in [-0.05, 0) is 137 Å². The van der Waals surface area contributed by atoms with Gasteiger partial charge in [0.05, 0.1) is 4.90 Å². The smallest absolute Gasteiger partial charge is 0.265 e. The van der Waals surface area contributed by atoms with Gasteiger partial charge in [0.1, 0.15) is 5.70 Å². The zero-order valence-electron chi connectivity index (χ0n) is 21.9. The third kappa shape index (κ3) is 2.92. The maximum Gasteiger partial charge on any atom is 0.265 e. The highest BCUT2D eigenvalue weighted by Gasteiger charge is 2.69. The molecule has 8 aliphatic carbocycles. The standard InChI is InChI=1S/C31H39NO4S/c1-2-32-26(27(33)24-5-3-4-6-25(24)37(32,35)36)29(34)31-16-21-10-22(17-31)12-23(11-21)28(31)30-13-18-7-19(14-30)9-20(8-18)15-30/h3-6,18-23,28,33H,2,7-17H2,1H3. The molecule has 8 saturated carbocycles. The second kappa shape index (κ2) is 7.43. The molecule has 10 rings (SSSR count). The van der Waals surface area contributed by atoms with Crippen molar-refractivity contribution in [1.82, 2.24) is 4.31 Å². The largest absolute Gasteiger partial charge is 0.505 e. The lowest BCUT2D eigenvalue weighted by Gasteiger charge is -2.70. The van der Waals surface area contributed by atoms with Crippen LogP contribution in [0.1, 0.15) is 83.1 Å². The van der Waals surface area contributed by atoms with Gasteiger partial charge in [-0.15, -0.1) is 0 Å². The number of hydrogen-bond donors (Lipinski definition) is 1. The lowest BCUT2D eigenvalue weighted by atomic mass is 9.34. The fraction of sp³-hybridized carbons (Fsp3) is 0.710. The van der Waals surface area contributed by atoms with Crippen molar-refractivity contribution in [3.05, 3.63) is 35.5 Å². The Balaban J connectivity index is 1.30. The van der Waals surface area contributed by atoms with Crippen LogP contribution >= 0.6 is 0 Å². The molecular weight excluding hydrogens is 482 g/mol. The molecule has 1 N–H and O–H groups in total. The highest BCUT2D eigenvalue weighted by atomic mass is 32.2. The predicted molar refractivity (Wildman–Crippen MR) is 141 cm³/mol. The Bertz CT molecular complexity index is 1280. The summed E-state index contributed by atoms with van der Waals surface area (Å²) in [6.07, 6.45) is 13.5. The van der Waals surface area contributed by atoms with Gasteiger partial charge < -0.3 is 5.11 Å². The van der Waals surface area contributed by atoms with E-state index in [1.807, 2.05) is 0 Å². The summed E-state index contributed by atoms with van der Waals surface area (Å²) in [5, 5.41) is 11.6. The molecule has 1 aromatic carbocycles. The number of aliphatic hydroxyl groups excluding tert-OH is 1. The Morgan fingerprint density at radius 2 is 1.43 bits per heavy atom. The molecule has 1 aliphatic heterocycles. The molecule has 8 fully saturated rings. The average Bonchev–Trinajstić information content (AvgIpc) is 2.84. The molecule has 0 amide bonds. The van der Waals surface area contributed by atoms with E-state index in [1.54, 1.807) is 31.2 Å². The Hall–Kier alpha value is -1.82. The van der Waals surface area contributed by atoms with Crippen molar-refractivity contribution in [2.24, 2.45) is 52.3 Å². The number of carbonyl (C=O) groups excluding carboxylic acids is 1. The van der Waals surface area contributed by atoms with Crippen molar-refractivity contribution in [2.45, 2.75) is 82.4 Å². The maximum atomic E-state index is 15.1. The van der Waals surface area contributed by atoms with Crippen molar-refractivity contribution in [1.29, 1.82) is 0 Å². The molecule has 9 aliphatic rings. The second-order valence-corrected chi connectivity index (χ2v) is 16.0. The van der Waals surface area contributed by atoms with E-state index in [4.69, 9.17) is 0 Å². The summed E-state index contributed by atoms with van der Waals surface area (Å²) in [7, 11) is -3.90. The first-order chi connectivity index (χ1) is 17.7. The van der Waals surface area contributed by atoms with Crippen molar-refractivity contribution < 1.29 is 18.3 Å². The van der Waals surface area contributed by atoms with Crippen LogP contribution in [0.3, 0.4) is 0 Å². The van der Waals surface area contributed by atoms with Gasteiger partial charge in [-0.3, -0.25) is 9.10 Å². The molecule has 0 aromatic heterocycles. The molecule has 1 heterocycles. The van der Waals surface area contributed by atoms with E-state index in [0.29, 0.717) is 23.7 Å². The molecule has 5 nitrogen and oxygen atoms in total. The molecule has 0 radical (unpaired) electrons. The first kappa shape index (κ1) is 23.1. The fourth-order valence-corrected chi connectivity index (χ4v) is 13.8. The van der Waals surface area contributed by atoms with Crippen molar-refractivity contribution >= 4 is 21.6 Å². The predicted octanol–water partition coefficient (Wildman–Crippen LogP) is 6.17. The first-order valence-corrected chi connectivity index (χ1v) is 16.3. The van der Waals surface area contributed by atoms with Crippen molar-refractivity contribution in [3.8, 4) is 0 Å². The topological polar surface area (TPSA) is 74.7 Å². The number of carbonyl (C=O) groups is 1. The van der Waals surface area contributed by atoms with E-state index in [-0.39, 0.29) is 39.7 Å². The number of Topliss-reactive ketones (excluding diaryl/α,β-unsaturated/α-hetero) is 1. The summed E-state index contributed by atoms with van der Waals surface area (Å²) in [6.45, 7) is 1.93. The van der Waals surface area contributed by atoms with Gasteiger partial charge in [0, 0.05) is 17.5 Å². The van der Waals surface area contributed by atoms with Crippen LogP contribution in [-0.2, 0) is 14.8 Å². The van der Waals surface area contributed by atoms with Crippen LogP contribution in [0.25, 0.3) is 5.76 Å². The highest BCUT2D eigenvalue weighted by molar-refractivity contribution is 7.89. The summed E-state index contributed by atoms with van der Waals surface area (Å²) in [5.41, 5.74) is 0.0597. The van der Waals surface area contributed by atoms with Gasteiger partial charge in [0.25, 0.3) is 10.0 Å². The second-order valence-electron chi connectivity index (χ2n) is 14.2. The van der Waals surface area contributed by atoms with Gasteiger partial charge in [-0.1, -0.05) is 12.1 Å². The Kier molecular flexibility index (Phi) is 4.64. The maximum absolute atomic E-state index is 15.1. The average molecular weight is 522 g/mol. The number of ketones is 1. The minimum absolute atomic E-state index is 0.0511. The number of rotatable bonds is 4. The van der Waals surface area contributed by atoms with Crippen LogP contribution in [0.2, 0.25) is 0 Å². The summed E-state index contributed by atoms with van der Waals surface area (Å²) < 4.78 is 28.7. The number of nitrogens with zero attached hydrogens (tertiary/aromatic N) is 1. The van der Waals surface area contributed by atoms with Gasteiger partial charge in [0.15, 0.2) is 11.5 Å². The Labute approximate surface area is 220 Å². The summed E-state index contributed by atoms with van der Waals surface area (Å²) >= 11 is 0. The molecule has 8 bridgehead atoms. The summed E-state index contributed by atoms with van der Waals surface area (Å²) in [5.74, 6) is 4.33. The molecule has 0 saturated heterocycles. The SMILES string of the molecule is CCN1C(C(=O)C23CC4CC(CC(C4)C2C24CC5CC(CC(C5)C2)C4)C3)=C(O)c2ccccc2S1(=O)=O. The monoisotopic (exact) mass is 521 g/mol. The normalized spacial score (nSPS) is 46.4. The Morgan fingerprint density at radius 1 is 0.892 bits per heavy atom. The number of benzene rings is 1. The number of hydrogen-bond acceptors (Lipinski definition) is 4. The van der Waals surface area contributed by atoms with Crippen LogP contribution < -0.4 is 0 Å². The third-order valence-corrected chi connectivity index (χ3v) is 14.1. The third-order valence-electron chi connectivity index (χ3n) is 12.2. The zero-order valence-corrected chi connectivity index (χ0v) is 22.7. The minimum atomic E-state index is -3.90. The van der Waals surface area contributed by atoms with Crippen LogP contribution in [0.4, 0.5) is 0 Å². The van der Waals surface area contributed by atoms with Gasteiger partial charge in [0.2, 0.25) is 0 Å². The van der Waals surface area contributed by atoms with Crippen molar-refractivity contribution in [2.75, 3.05) is 6.54 Å². The quantitative estimate of drug-likeness (QED) is 0.515. The van der Waals surface area contributed by atoms with Gasteiger partial charge in [-0.2, -0.15) is 0 Å². The van der Waals surface area contributed by atoms with Gasteiger partial charge >= 0.3 is 0 Å². The summed E-state index contributed by atoms with van der Waals surface area (Å²) in [6, 6.07) is 6.64. The fourth-order valence-electron chi connectivity index (χ4n) is 12.2. The molecule has 6 heteroatoms. The molecule has 0 spiro atoms.